The number of carbonyl (C=O) groups excluding carboxylic acids is 1. The molecule has 0 aliphatic heterocycles. The van der Waals surface area contributed by atoms with Crippen LogP contribution < -0.4 is 0 Å². The molecule has 0 radical (unpaired) electrons. The first-order valence-corrected chi connectivity index (χ1v) is 4.19. The molecule has 0 atom stereocenters. The average Bonchev–Trinajstić information content (AvgIpc) is 2.29. The van der Waals surface area contributed by atoms with Crippen LogP contribution in [0.4, 0.5) is 0 Å². The SMILES string of the molecule is N#CC=CC(=O)OCC(CO)(CO)CO. The fourth-order valence-corrected chi connectivity index (χ4v) is 0.665. The van der Waals surface area contributed by atoms with Gasteiger partial charge in [0.25, 0.3) is 0 Å². The minimum atomic E-state index is -1.24. The second kappa shape index (κ2) is 6.95. The summed E-state index contributed by atoms with van der Waals surface area (Å²) < 4.78 is 4.63. The summed E-state index contributed by atoms with van der Waals surface area (Å²) in [6.45, 7) is -1.83. The Hall–Kier alpha value is -1.42. The van der Waals surface area contributed by atoms with Crippen molar-refractivity contribution in [2.75, 3.05) is 26.4 Å². The number of hydrogen-bond donors (Lipinski definition) is 3. The number of ether oxygens (including phenoxy) is 1. The van der Waals surface area contributed by atoms with Crippen LogP contribution in [0.25, 0.3) is 0 Å². The van der Waals surface area contributed by atoms with Gasteiger partial charge in [-0.2, -0.15) is 5.26 Å². The lowest BCUT2D eigenvalue weighted by molar-refractivity contribution is -0.145. The molecule has 0 saturated carbocycles. The Labute approximate surface area is 87.0 Å². The van der Waals surface area contributed by atoms with Crippen LogP contribution in [0, 0.1) is 16.7 Å². The maximum atomic E-state index is 10.9. The van der Waals surface area contributed by atoms with Crippen LogP contribution in [0.1, 0.15) is 0 Å². The number of hydrogen-bond acceptors (Lipinski definition) is 6. The Morgan fingerprint density at radius 1 is 1.33 bits per heavy atom. The zero-order valence-electron chi connectivity index (χ0n) is 8.09. The van der Waals surface area contributed by atoms with Gasteiger partial charge in [-0.05, 0) is 0 Å². The minimum absolute atomic E-state index is 0.314. The molecule has 84 valence electrons. The van der Waals surface area contributed by atoms with Gasteiger partial charge in [0, 0.05) is 12.2 Å². The van der Waals surface area contributed by atoms with Gasteiger partial charge in [0.2, 0.25) is 0 Å². The highest BCUT2D eigenvalue weighted by atomic mass is 16.5. The predicted molar refractivity (Wildman–Crippen MR) is 49.4 cm³/mol. The molecule has 0 aliphatic carbocycles. The molecule has 3 N–H and O–H groups in total. The van der Waals surface area contributed by atoms with Gasteiger partial charge in [-0.3, -0.25) is 0 Å². The molecular weight excluding hydrogens is 202 g/mol. The van der Waals surface area contributed by atoms with E-state index in [0.717, 1.165) is 12.2 Å². The van der Waals surface area contributed by atoms with Crippen molar-refractivity contribution in [1.29, 1.82) is 5.26 Å². The third kappa shape index (κ3) is 4.56. The van der Waals surface area contributed by atoms with E-state index in [4.69, 9.17) is 20.6 Å². The van der Waals surface area contributed by atoms with E-state index in [2.05, 4.69) is 4.74 Å². The van der Waals surface area contributed by atoms with Crippen molar-refractivity contribution in [3.05, 3.63) is 12.2 Å². The highest BCUT2D eigenvalue weighted by Gasteiger charge is 2.29. The number of rotatable bonds is 6. The molecule has 0 fully saturated rings. The lowest BCUT2D eigenvalue weighted by atomic mass is 9.93. The van der Waals surface area contributed by atoms with E-state index < -0.39 is 31.2 Å². The Balaban J connectivity index is 4.17. The normalized spacial score (nSPS) is 11.3. The summed E-state index contributed by atoms with van der Waals surface area (Å²) >= 11 is 0. The van der Waals surface area contributed by atoms with Gasteiger partial charge >= 0.3 is 5.97 Å². The molecule has 0 aliphatic rings. The highest BCUT2D eigenvalue weighted by molar-refractivity contribution is 5.82. The largest absolute Gasteiger partial charge is 0.462 e. The van der Waals surface area contributed by atoms with Crippen molar-refractivity contribution in [2.24, 2.45) is 5.41 Å². The molecule has 0 aromatic carbocycles. The van der Waals surface area contributed by atoms with Crippen molar-refractivity contribution in [3.63, 3.8) is 0 Å². The van der Waals surface area contributed by atoms with Crippen LogP contribution in [-0.4, -0.2) is 47.7 Å². The van der Waals surface area contributed by atoms with Gasteiger partial charge in [-0.15, -0.1) is 0 Å². The molecule has 0 spiro atoms. The Morgan fingerprint density at radius 3 is 2.27 bits per heavy atom. The summed E-state index contributed by atoms with van der Waals surface area (Å²) in [6, 6.07) is 1.61. The van der Waals surface area contributed by atoms with E-state index in [-0.39, 0.29) is 6.61 Å². The smallest absolute Gasteiger partial charge is 0.331 e. The van der Waals surface area contributed by atoms with Crippen molar-refractivity contribution in [2.45, 2.75) is 0 Å². The van der Waals surface area contributed by atoms with Gasteiger partial charge in [-0.1, -0.05) is 0 Å². The number of carbonyl (C=O) groups is 1. The van der Waals surface area contributed by atoms with E-state index in [1.807, 2.05) is 0 Å². The lowest BCUT2D eigenvalue weighted by Crippen LogP contribution is -2.39. The van der Waals surface area contributed by atoms with Crippen LogP contribution in [0.5, 0.6) is 0 Å². The summed E-state index contributed by atoms with van der Waals surface area (Å²) in [5.41, 5.74) is -1.24. The van der Waals surface area contributed by atoms with Gasteiger partial charge < -0.3 is 20.1 Å². The second-order valence-electron chi connectivity index (χ2n) is 3.04. The van der Waals surface area contributed by atoms with Crippen LogP contribution in [0.15, 0.2) is 12.2 Å². The number of aliphatic hydroxyl groups is 3. The van der Waals surface area contributed by atoms with Gasteiger partial charge in [0.1, 0.15) is 6.61 Å². The van der Waals surface area contributed by atoms with E-state index in [9.17, 15) is 4.79 Å². The summed E-state index contributed by atoms with van der Waals surface area (Å²) in [5.74, 6) is -0.767. The van der Waals surface area contributed by atoms with Crippen molar-refractivity contribution < 1.29 is 24.9 Å². The van der Waals surface area contributed by atoms with Crippen LogP contribution in [-0.2, 0) is 9.53 Å². The van der Waals surface area contributed by atoms with E-state index in [0.29, 0.717) is 0 Å². The molecule has 0 aromatic heterocycles. The Bertz CT molecular complexity index is 256. The summed E-state index contributed by atoms with van der Waals surface area (Å²) in [5, 5.41) is 34.8. The van der Waals surface area contributed by atoms with E-state index in [1.54, 1.807) is 6.07 Å². The number of allylic oxidation sites excluding steroid dienone is 1. The van der Waals surface area contributed by atoms with Gasteiger partial charge in [0.05, 0.1) is 31.3 Å². The molecule has 0 unspecified atom stereocenters. The molecule has 0 rings (SSSR count). The monoisotopic (exact) mass is 215 g/mol. The average molecular weight is 215 g/mol. The fraction of sp³-hybridized carbons (Fsp3) is 0.556. The third-order valence-electron chi connectivity index (χ3n) is 1.82. The van der Waals surface area contributed by atoms with Crippen molar-refractivity contribution in [3.8, 4) is 6.07 Å². The van der Waals surface area contributed by atoms with Crippen molar-refractivity contribution in [1.82, 2.24) is 0 Å². The van der Waals surface area contributed by atoms with Crippen LogP contribution in [0.3, 0.4) is 0 Å². The van der Waals surface area contributed by atoms with E-state index >= 15 is 0 Å². The molecule has 0 amide bonds. The maximum absolute atomic E-state index is 10.9. The molecule has 6 nitrogen and oxygen atoms in total. The zero-order chi connectivity index (χ0) is 11.7. The maximum Gasteiger partial charge on any atom is 0.331 e. The zero-order valence-corrected chi connectivity index (χ0v) is 8.09. The standard InChI is InChI=1S/C9H13NO5/c10-3-1-2-8(14)15-7-9(4-11,5-12)6-13/h1-2,11-13H,4-7H2. The van der Waals surface area contributed by atoms with Crippen LogP contribution in [0.2, 0.25) is 0 Å². The molecular formula is C9H13NO5. The number of nitriles is 1. The summed E-state index contributed by atoms with van der Waals surface area (Å²) in [4.78, 5) is 10.9. The summed E-state index contributed by atoms with van der Waals surface area (Å²) in [7, 11) is 0. The Kier molecular flexibility index (Phi) is 6.29. The third-order valence-corrected chi connectivity index (χ3v) is 1.82. The number of nitrogens with zero attached hydrogens (tertiary/aromatic N) is 1. The van der Waals surface area contributed by atoms with Crippen LogP contribution >= 0.6 is 0 Å². The first-order chi connectivity index (χ1) is 7.14. The second-order valence-corrected chi connectivity index (χ2v) is 3.04. The molecule has 6 heteroatoms. The molecule has 0 bridgehead atoms. The first-order valence-electron chi connectivity index (χ1n) is 4.19. The first kappa shape index (κ1) is 13.6. The van der Waals surface area contributed by atoms with E-state index in [1.165, 1.54) is 0 Å². The molecule has 0 aromatic rings. The predicted octanol–water partition coefficient (Wildman–Crippen LogP) is -1.43. The van der Waals surface area contributed by atoms with Gasteiger partial charge in [0.15, 0.2) is 0 Å². The molecule has 0 saturated heterocycles. The molecule has 0 heterocycles. The fourth-order valence-electron chi connectivity index (χ4n) is 0.665. The van der Waals surface area contributed by atoms with Crippen molar-refractivity contribution >= 4 is 5.97 Å². The lowest BCUT2D eigenvalue weighted by Gasteiger charge is -2.26. The highest BCUT2D eigenvalue weighted by Crippen LogP contribution is 2.14. The number of aliphatic hydroxyl groups excluding tert-OH is 3. The number of esters is 1. The van der Waals surface area contributed by atoms with Gasteiger partial charge in [-0.25, -0.2) is 4.79 Å². The summed E-state index contributed by atoms with van der Waals surface area (Å²) in [6.07, 6.45) is 1.86. The minimum Gasteiger partial charge on any atom is -0.462 e. The topological polar surface area (TPSA) is 111 Å². The molecule has 15 heavy (non-hydrogen) atoms. The quantitative estimate of drug-likeness (QED) is 0.284. The Morgan fingerprint density at radius 2 is 1.87 bits per heavy atom.